The molecule has 0 bridgehead atoms. The number of nitrogens with zero attached hydrogens (tertiary/aromatic N) is 1. The van der Waals surface area contributed by atoms with Crippen LogP contribution >= 0.6 is 0 Å². The second-order valence-corrected chi connectivity index (χ2v) is 3.93. The fourth-order valence-corrected chi connectivity index (χ4v) is 1.73. The van der Waals surface area contributed by atoms with Gasteiger partial charge in [0.25, 0.3) is 0 Å². The van der Waals surface area contributed by atoms with Gasteiger partial charge in [-0.2, -0.15) is 5.26 Å². The molecular formula is C10H19N3. The lowest BCUT2D eigenvalue weighted by molar-refractivity contribution is 0.286. The summed E-state index contributed by atoms with van der Waals surface area (Å²) in [4.78, 5) is 0. The van der Waals surface area contributed by atoms with E-state index < -0.39 is 0 Å². The predicted octanol–water partition coefficient (Wildman–Crippen LogP) is 1.02. The highest BCUT2D eigenvalue weighted by atomic mass is 15.1. The fourth-order valence-electron chi connectivity index (χ4n) is 1.73. The van der Waals surface area contributed by atoms with Crippen molar-refractivity contribution >= 4 is 0 Å². The molecule has 1 heterocycles. The van der Waals surface area contributed by atoms with E-state index in [4.69, 9.17) is 5.26 Å². The van der Waals surface area contributed by atoms with Crippen LogP contribution in [-0.4, -0.2) is 24.7 Å². The Bertz CT molecular complexity index is 189. The number of nitriles is 1. The lowest BCUT2D eigenvalue weighted by Gasteiger charge is -2.34. The highest BCUT2D eigenvalue weighted by molar-refractivity contribution is 5.10. The maximum absolute atomic E-state index is 9.13. The monoisotopic (exact) mass is 181 g/mol. The van der Waals surface area contributed by atoms with Crippen LogP contribution in [0.1, 0.15) is 33.1 Å². The predicted molar refractivity (Wildman–Crippen MR) is 53.3 cm³/mol. The summed E-state index contributed by atoms with van der Waals surface area (Å²) in [6.07, 6.45) is 3.14. The Hall–Kier alpha value is -0.590. The van der Waals surface area contributed by atoms with Crippen LogP contribution in [0.4, 0.5) is 0 Å². The van der Waals surface area contributed by atoms with Crippen LogP contribution in [0.5, 0.6) is 0 Å². The minimum atomic E-state index is -0.312. The van der Waals surface area contributed by atoms with E-state index in [1.165, 1.54) is 0 Å². The summed E-state index contributed by atoms with van der Waals surface area (Å²) in [5, 5.41) is 15.8. The fraction of sp³-hybridized carbons (Fsp3) is 0.900. The van der Waals surface area contributed by atoms with E-state index in [1.807, 2.05) is 0 Å². The Balaban J connectivity index is 2.53. The summed E-state index contributed by atoms with van der Waals surface area (Å²) in [6, 6.07) is 2.84. The molecule has 0 aromatic heterocycles. The summed E-state index contributed by atoms with van der Waals surface area (Å²) in [5.41, 5.74) is -0.312. The normalized spacial score (nSPS) is 30.8. The second kappa shape index (κ2) is 4.59. The molecule has 0 aromatic carbocycles. The average molecular weight is 181 g/mol. The number of hydrogen-bond donors (Lipinski definition) is 2. The van der Waals surface area contributed by atoms with Gasteiger partial charge in [-0.05, 0) is 32.7 Å². The van der Waals surface area contributed by atoms with Gasteiger partial charge in [0.1, 0.15) is 5.54 Å². The van der Waals surface area contributed by atoms with Gasteiger partial charge in [-0.1, -0.05) is 6.92 Å². The third-order valence-corrected chi connectivity index (χ3v) is 2.73. The molecule has 0 amide bonds. The summed E-state index contributed by atoms with van der Waals surface area (Å²) in [5.74, 6) is 0. The van der Waals surface area contributed by atoms with E-state index in [-0.39, 0.29) is 5.54 Å². The third kappa shape index (κ3) is 2.68. The highest BCUT2D eigenvalue weighted by Crippen LogP contribution is 2.16. The van der Waals surface area contributed by atoms with E-state index in [2.05, 4.69) is 30.6 Å². The Labute approximate surface area is 80.5 Å². The quantitative estimate of drug-likeness (QED) is 0.683. The molecule has 1 rings (SSSR count). The van der Waals surface area contributed by atoms with E-state index in [9.17, 15) is 0 Å². The Morgan fingerprint density at radius 2 is 2.46 bits per heavy atom. The standard InChI is InChI=1S/C10H19N3/c1-3-9(2)13-10(7-11)5-4-6-12-8-10/h9,12-13H,3-6,8H2,1-2H3. The van der Waals surface area contributed by atoms with Gasteiger partial charge in [-0.15, -0.1) is 0 Å². The molecule has 0 saturated carbocycles. The van der Waals surface area contributed by atoms with Gasteiger partial charge >= 0.3 is 0 Å². The smallest absolute Gasteiger partial charge is 0.119 e. The summed E-state index contributed by atoms with van der Waals surface area (Å²) in [7, 11) is 0. The molecule has 0 spiro atoms. The molecule has 0 radical (unpaired) electrons. The lowest BCUT2D eigenvalue weighted by Crippen LogP contribution is -2.57. The minimum absolute atomic E-state index is 0.312. The topological polar surface area (TPSA) is 47.9 Å². The molecule has 0 aromatic rings. The van der Waals surface area contributed by atoms with E-state index in [0.717, 1.165) is 32.4 Å². The zero-order valence-electron chi connectivity index (χ0n) is 8.56. The molecule has 2 N–H and O–H groups in total. The molecule has 3 nitrogen and oxygen atoms in total. The zero-order valence-corrected chi connectivity index (χ0v) is 8.56. The highest BCUT2D eigenvalue weighted by Gasteiger charge is 2.32. The van der Waals surface area contributed by atoms with Crippen molar-refractivity contribution < 1.29 is 0 Å². The van der Waals surface area contributed by atoms with Crippen molar-refractivity contribution in [1.29, 1.82) is 5.26 Å². The maximum atomic E-state index is 9.13. The first-order valence-electron chi connectivity index (χ1n) is 5.12. The SMILES string of the molecule is CCC(C)NC1(C#N)CCCNC1. The number of nitrogens with one attached hydrogen (secondary N) is 2. The van der Waals surface area contributed by atoms with Crippen LogP contribution in [0.15, 0.2) is 0 Å². The Morgan fingerprint density at radius 1 is 1.69 bits per heavy atom. The summed E-state index contributed by atoms with van der Waals surface area (Å²) in [6.45, 7) is 6.10. The van der Waals surface area contributed by atoms with Crippen LogP contribution < -0.4 is 10.6 Å². The van der Waals surface area contributed by atoms with Gasteiger partial charge in [0.2, 0.25) is 0 Å². The maximum Gasteiger partial charge on any atom is 0.119 e. The molecule has 0 aliphatic carbocycles. The Morgan fingerprint density at radius 3 is 2.92 bits per heavy atom. The van der Waals surface area contributed by atoms with Gasteiger partial charge in [0.15, 0.2) is 0 Å². The lowest BCUT2D eigenvalue weighted by atomic mass is 9.90. The molecular weight excluding hydrogens is 162 g/mol. The van der Waals surface area contributed by atoms with Gasteiger partial charge in [0, 0.05) is 12.6 Å². The third-order valence-electron chi connectivity index (χ3n) is 2.73. The first-order chi connectivity index (χ1) is 6.22. The van der Waals surface area contributed by atoms with Crippen LogP contribution in [0.25, 0.3) is 0 Å². The first-order valence-corrected chi connectivity index (χ1v) is 5.12. The van der Waals surface area contributed by atoms with Crippen molar-refractivity contribution in [3.8, 4) is 6.07 Å². The van der Waals surface area contributed by atoms with Crippen LogP contribution in [-0.2, 0) is 0 Å². The van der Waals surface area contributed by atoms with Crippen molar-refractivity contribution in [3.63, 3.8) is 0 Å². The van der Waals surface area contributed by atoms with Crippen molar-refractivity contribution in [2.75, 3.05) is 13.1 Å². The summed E-state index contributed by atoms with van der Waals surface area (Å²) >= 11 is 0. The van der Waals surface area contributed by atoms with Gasteiger partial charge in [0.05, 0.1) is 6.07 Å². The van der Waals surface area contributed by atoms with Crippen molar-refractivity contribution in [2.45, 2.75) is 44.7 Å². The van der Waals surface area contributed by atoms with Gasteiger partial charge in [-0.3, -0.25) is 5.32 Å². The molecule has 1 saturated heterocycles. The van der Waals surface area contributed by atoms with E-state index in [0.29, 0.717) is 6.04 Å². The molecule has 1 aliphatic rings. The van der Waals surface area contributed by atoms with E-state index in [1.54, 1.807) is 0 Å². The molecule has 3 heteroatoms. The number of piperidine rings is 1. The van der Waals surface area contributed by atoms with Crippen LogP contribution in [0, 0.1) is 11.3 Å². The number of rotatable bonds is 3. The minimum Gasteiger partial charge on any atom is -0.314 e. The zero-order chi connectivity index (χ0) is 9.73. The Kier molecular flexibility index (Phi) is 3.71. The number of hydrogen-bond acceptors (Lipinski definition) is 3. The average Bonchev–Trinajstić information content (AvgIpc) is 2.19. The van der Waals surface area contributed by atoms with Crippen molar-refractivity contribution in [3.05, 3.63) is 0 Å². The van der Waals surface area contributed by atoms with Crippen molar-refractivity contribution in [2.24, 2.45) is 0 Å². The van der Waals surface area contributed by atoms with Gasteiger partial charge < -0.3 is 5.32 Å². The molecule has 1 fully saturated rings. The van der Waals surface area contributed by atoms with Crippen LogP contribution in [0.2, 0.25) is 0 Å². The van der Waals surface area contributed by atoms with E-state index >= 15 is 0 Å². The molecule has 13 heavy (non-hydrogen) atoms. The summed E-state index contributed by atoms with van der Waals surface area (Å²) < 4.78 is 0. The molecule has 1 aliphatic heterocycles. The molecule has 2 atom stereocenters. The molecule has 2 unspecified atom stereocenters. The largest absolute Gasteiger partial charge is 0.314 e. The van der Waals surface area contributed by atoms with Crippen molar-refractivity contribution in [1.82, 2.24) is 10.6 Å². The van der Waals surface area contributed by atoms with Crippen LogP contribution in [0.3, 0.4) is 0 Å². The molecule has 74 valence electrons. The first kappa shape index (κ1) is 10.5. The van der Waals surface area contributed by atoms with Gasteiger partial charge in [-0.25, -0.2) is 0 Å². The second-order valence-electron chi connectivity index (χ2n) is 3.93.